The molecular weight excluding hydrogens is 603 g/mol. The Morgan fingerprint density at radius 3 is 2.22 bits per heavy atom. The van der Waals surface area contributed by atoms with Gasteiger partial charge in [0, 0.05) is 10.9 Å². The molecule has 15 heteroatoms. The lowest BCUT2D eigenvalue weighted by Gasteiger charge is -2.20. The molecule has 9 nitrogen and oxygen atoms in total. The van der Waals surface area contributed by atoms with Crippen molar-refractivity contribution in [2.24, 2.45) is 15.2 Å². The SMILES string of the molecule is C[C@@H](C/N=C(/NS(=O)(=O)c1ccc(C(F)(F)F)cc1)N1C[C@H](c2ccccc2)C(c2ccc(Cl)cc2)=N1)S(N)(=O)=O. The van der Waals surface area contributed by atoms with Crippen molar-refractivity contribution in [2.45, 2.75) is 29.2 Å². The number of hydrogen-bond acceptors (Lipinski definition) is 6. The Bertz CT molecular complexity index is 1660. The molecule has 0 unspecified atom stereocenters. The summed E-state index contributed by atoms with van der Waals surface area (Å²) < 4.78 is 91.4. The van der Waals surface area contributed by atoms with Gasteiger partial charge in [0.1, 0.15) is 0 Å². The Morgan fingerprint density at radius 2 is 1.66 bits per heavy atom. The van der Waals surface area contributed by atoms with Crippen molar-refractivity contribution in [3.05, 3.63) is 101 Å². The van der Waals surface area contributed by atoms with E-state index in [-0.39, 0.29) is 18.4 Å². The van der Waals surface area contributed by atoms with Gasteiger partial charge in [-0.2, -0.15) is 18.3 Å². The molecule has 218 valence electrons. The number of benzene rings is 3. The highest BCUT2D eigenvalue weighted by Gasteiger charge is 2.34. The number of sulfonamides is 2. The molecular formula is C26H25ClF3N5O4S2. The molecule has 3 aromatic rings. The summed E-state index contributed by atoms with van der Waals surface area (Å²) in [5.41, 5.74) is 1.11. The van der Waals surface area contributed by atoms with Crippen molar-refractivity contribution in [2.75, 3.05) is 13.1 Å². The fourth-order valence-electron chi connectivity index (χ4n) is 3.95. The molecule has 0 amide bonds. The second-order valence-electron chi connectivity index (χ2n) is 9.23. The Kier molecular flexibility index (Phi) is 8.78. The highest BCUT2D eigenvalue weighted by molar-refractivity contribution is 7.90. The standard InChI is InChI=1S/C26H25ClF3N5O4S2/c1-17(40(31,36)37)15-32-25(34-41(38,39)22-13-9-20(10-14-22)26(28,29)30)35-16-23(18-5-3-2-4-6-18)24(33-35)19-7-11-21(27)12-8-19/h2-14,17,23H,15-16H2,1H3,(H,32,34)(H2,31,36,37)/t17-,23+/m0/s1. The number of nitrogens with two attached hydrogens (primary N) is 1. The molecule has 4 rings (SSSR count). The zero-order chi connectivity index (χ0) is 30.0. The van der Waals surface area contributed by atoms with E-state index < -0.39 is 48.5 Å². The lowest BCUT2D eigenvalue weighted by Crippen LogP contribution is -2.42. The molecule has 3 N–H and O–H groups in total. The van der Waals surface area contributed by atoms with Gasteiger partial charge in [0.05, 0.1) is 34.5 Å². The van der Waals surface area contributed by atoms with Gasteiger partial charge in [-0.1, -0.05) is 54.1 Å². The number of primary sulfonamides is 1. The molecule has 3 aromatic carbocycles. The third-order valence-corrected chi connectivity index (χ3v) is 9.14. The summed E-state index contributed by atoms with van der Waals surface area (Å²) in [6, 6.07) is 19.1. The van der Waals surface area contributed by atoms with Crippen molar-refractivity contribution in [3.8, 4) is 0 Å². The second kappa shape index (κ2) is 11.8. The summed E-state index contributed by atoms with van der Waals surface area (Å²) in [7, 11) is -8.48. The minimum absolute atomic E-state index is 0.111. The van der Waals surface area contributed by atoms with Gasteiger partial charge >= 0.3 is 6.18 Å². The third kappa shape index (κ3) is 7.44. The molecule has 0 spiro atoms. The smallest absolute Gasteiger partial charge is 0.249 e. The van der Waals surface area contributed by atoms with Crippen LogP contribution in [0.5, 0.6) is 0 Å². The topological polar surface area (TPSA) is 134 Å². The largest absolute Gasteiger partial charge is 0.416 e. The number of rotatable bonds is 7. The first-order chi connectivity index (χ1) is 19.1. The van der Waals surface area contributed by atoms with Crippen LogP contribution in [0.1, 0.15) is 29.5 Å². The van der Waals surface area contributed by atoms with Gasteiger partial charge in [0.2, 0.25) is 16.0 Å². The predicted octanol–water partition coefficient (Wildman–Crippen LogP) is 4.17. The average Bonchev–Trinajstić information content (AvgIpc) is 3.36. The van der Waals surface area contributed by atoms with Crippen molar-refractivity contribution >= 4 is 43.3 Å². The monoisotopic (exact) mass is 627 g/mol. The number of nitrogens with zero attached hydrogens (tertiary/aromatic N) is 3. The summed E-state index contributed by atoms with van der Waals surface area (Å²) in [4.78, 5) is 3.74. The van der Waals surface area contributed by atoms with Gasteiger partial charge in [-0.3, -0.25) is 0 Å². The fraction of sp³-hybridized carbons (Fsp3) is 0.231. The van der Waals surface area contributed by atoms with E-state index >= 15 is 0 Å². The third-order valence-electron chi connectivity index (χ3n) is 6.28. The maximum atomic E-state index is 13.2. The molecule has 0 saturated heterocycles. The molecule has 2 atom stereocenters. The highest BCUT2D eigenvalue weighted by Crippen LogP contribution is 2.31. The molecule has 0 saturated carbocycles. The molecule has 0 bridgehead atoms. The van der Waals surface area contributed by atoms with E-state index in [4.69, 9.17) is 16.7 Å². The van der Waals surface area contributed by atoms with Crippen molar-refractivity contribution in [1.29, 1.82) is 0 Å². The molecule has 1 heterocycles. The highest BCUT2D eigenvalue weighted by atomic mass is 35.5. The van der Waals surface area contributed by atoms with Crippen LogP contribution >= 0.6 is 11.6 Å². The van der Waals surface area contributed by atoms with Crippen LogP contribution in [0.3, 0.4) is 0 Å². The van der Waals surface area contributed by atoms with Crippen LogP contribution in [0.25, 0.3) is 0 Å². The van der Waals surface area contributed by atoms with Gasteiger partial charge < -0.3 is 0 Å². The number of guanidine groups is 1. The summed E-state index contributed by atoms with van der Waals surface area (Å²) in [6.07, 6.45) is -4.65. The van der Waals surface area contributed by atoms with Crippen LogP contribution in [0, 0.1) is 0 Å². The first-order valence-electron chi connectivity index (χ1n) is 12.1. The van der Waals surface area contributed by atoms with Crippen LogP contribution < -0.4 is 9.86 Å². The van der Waals surface area contributed by atoms with Crippen LogP contribution in [-0.4, -0.2) is 51.9 Å². The Hall–Kier alpha value is -3.46. The zero-order valence-corrected chi connectivity index (χ0v) is 23.8. The average molecular weight is 628 g/mol. The van der Waals surface area contributed by atoms with Gasteiger partial charge in [-0.05, 0) is 54.4 Å². The number of hydrogen-bond donors (Lipinski definition) is 2. The maximum absolute atomic E-state index is 13.2. The lowest BCUT2D eigenvalue weighted by molar-refractivity contribution is -0.137. The Balaban J connectivity index is 1.75. The normalized spacial score (nSPS) is 17.3. The number of halogens is 4. The summed E-state index contributed by atoms with van der Waals surface area (Å²) in [5.74, 6) is -0.681. The number of alkyl halides is 3. The van der Waals surface area contributed by atoms with Gasteiger partial charge in [-0.15, -0.1) is 0 Å². The van der Waals surface area contributed by atoms with E-state index in [1.165, 1.54) is 11.9 Å². The van der Waals surface area contributed by atoms with E-state index in [0.717, 1.165) is 17.7 Å². The summed E-state index contributed by atoms with van der Waals surface area (Å²) in [5, 5.41) is 10.5. The van der Waals surface area contributed by atoms with E-state index in [2.05, 4.69) is 14.8 Å². The van der Waals surface area contributed by atoms with Gasteiger partial charge in [0.15, 0.2) is 0 Å². The van der Waals surface area contributed by atoms with E-state index in [1.807, 2.05) is 30.3 Å². The van der Waals surface area contributed by atoms with Gasteiger partial charge in [0.25, 0.3) is 10.0 Å². The molecule has 0 aromatic heterocycles. The number of nitrogens with one attached hydrogen (secondary N) is 1. The van der Waals surface area contributed by atoms with Crippen LogP contribution in [-0.2, 0) is 26.2 Å². The molecule has 1 aliphatic rings. The zero-order valence-electron chi connectivity index (χ0n) is 21.5. The Morgan fingerprint density at radius 1 is 1.05 bits per heavy atom. The molecule has 1 aliphatic heterocycles. The Labute approximate surface area is 240 Å². The van der Waals surface area contributed by atoms with E-state index in [9.17, 15) is 30.0 Å². The summed E-state index contributed by atoms with van der Waals surface area (Å²) in [6.45, 7) is 1.00. The second-order valence-corrected chi connectivity index (χ2v) is 13.3. The molecule has 0 radical (unpaired) electrons. The van der Waals surface area contributed by atoms with Crippen LogP contribution in [0.15, 0.2) is 93.9 Å². The van der Waals surface area contributed by atoms with Gasteiger partial charge in [-0.25, -0.2) is 36.7 Å². The lowest BCUT2D eigenvalue weighted by atomic mass is 9.91. The molecule has 0 aliphatic carbocycles. The maximum Gasteiger partial charge on any atom is 0.416 e. The minimum atomic E-state index is -4.65. The van der Waals surface area contributed by atoms with Crippen molar-refractivity contribution < 1.29 is 30.0 Å². The fourth-order valence-corrected chi connectivity index (χ4v) is 5.38. The number of hydrazone groups is 1. The first kappa shape index (κ1) is 30.5. The predicted molar refractivity (Wildman–Crippen MR) is 151 cm³/mol. The molecule has 41 heavy (non-hydrogen) atoms. The van der Waals surface area contributed by atoms with Crippen molar-refractivity contribution in [1.82, 2.24) is 9.73 Å². The quantitative estimate of drug-likeness (QED) is 0.300. The van der Waals surface area contributed by atoms with Crippen LogP contribution in [0.4, 0.5) is 13.2 Å². The number of aliphatic imine (C=N–C) groups is 1. The van der Waals surface area contributed by atoms with E-state index in [1.54, 1.807) is 24.3 Å². The minimum Gasteiger partial charge on any atom is -0.249 e. The van der Waals surface area contributed by atoms with Crippen LogP contribution in [0.2, 0.25) is 5.02 Å². The van der Waals surface area contributed by atoms with Crippen molar-refractivity contribution in [3.63, 3.8) is 0 Å². The van der Waals surface area contributed by atoms with E-state index in [0.29, 0.717) is 28.4 Å². The molecule has 0 fully saturated rings. The first-order valence-corrected chi connectivity index (χ1v) is 15.6. The summed E-state index contributed by atoms with van der Waals surface area (Å²) >= 11 is 6.06.